The Labute approximate surface area is 275 Å². The number of carbonyl (C=O) groups excluding carboxylic acids is 6. The number of allylic oxidation sites excluding steroid dienone is 1. The van der Waals surface area contributed by atoms with Crippen LogP contribution in [0.1, 0.15) is 107 Å². The topological polar surface area (TPSA) is 189 Å². The average molecular weight is 665 g/mol. The van der Waals surface area contributed by atoms with E-state index in [1.54, 1.807) is 13.8 Å². The average Bonchev–Trinajstić information content (AvgIpc) is 3.32. The molecule has 0 amide bonds. The van der Waals surface area contributed by atoms with Crippen molar-refractivity contribution in [3.8, 4) is 0 Å². The first-order valence-electron chi connectivity index (χ1n) is 16.2. The summed E-state index contributed by atoms with van der Waals surface area (Å²) in [6.07, 6.45) is -3.27. The molecule has 3 rings (SSSR count). The minimum absolute atomic E-state index is 0.0524. The second-order valence-corrected chi connectivity index (χ2v) is 13.0. The van der Waals surface area contributed by atoms with Crippen molar-refractivity contribution in [1.29, 1.82) is 0 Å². The summed E-state index contributed by atoms with van der Waals surface area (Å²) in [4.78, 5) is 77.4. The van der Waals surface area contributed by atoms with Crippen molar-refractivity contribution in [2.24, 2.45) is 5.92 Å². The van der Waals surface area contributed by atoms with E-state index in [9.17, 15) is 39.0 Å². The minimum atomic E-state index is -2.62. The molecule has 1 saturated heterocycles. The number of rotatable bonds is 13. The van der Waals surface area contributed by atoms with Crippen LogP contribution in [0.3, 0.4) is 0 Å². The quantitative estimate of drug-likeness (QED) is 0.127. The number of fused-ring (bicyclic) bond motifs is 3. The Kier molecular flexibility index (Phi) is 11.8. The molecule has 1 aliphatic heterocycles. The van der Waals surface area contributed by atoms with Crippen LogP contribution in [-0.2, 0) is 52.5 Å². The Morgan fingerprint density at radius 2 is 1.57 bits per heavy atom. The van der Waals surface area contributed by atoms with E-state index in [0.29, 0.717) is 19.3 Å². The number of Topliss-reactive ketones (excluding diaryl/α,β-unsaturated/α-hetero) is 1. The van der Waals surface area contributed by atoms with Crippen LogP contribution in [0, 0.1) is 5.92 Å². The Morgan fingerprint density at radius 1 is 0.936 bits per heavy atom. The lowest BCUT2D eigenvalue weighted by Gasteiger charge is -2.41. The molecule has 3 aliphatic rings. The molecule has 0 spiro atoms. The third-order valence-electron chi connectivity index (χ3n) is 9.45. The highest BCUT2D eigenvalue weighted by molar-refractivity contribution is 5.88. The first-order chi connectivity index (χ1) is 21.9. The fraction of sp³-hybridized carbons (Fsp3) is 0.706. The highest BCUT2D eigenvalue weighted by atomic mass is 16.6. The first kappa shape index (κ1) is 37.9. The van der Waals surface area contributed by atoms with Gasteiger partial charge in [0.25, 0.3) is 0 Å². The van der Waals surface area contributed by atoms with E-state index in [4.69, 9.17) is 23.7 Å². The highest BCUT2D eigenvalue weighted by Crippen LogP contribution is 2.57. The number of hydrogen-bond donors (Lipinski definition) is 2. The molecule has 0 aromatic carbocycles. The number of ether oxygens (including phenoxy) is 5. The number of unbranched alkanes of at least 4 members (excludes halogenated alkanes) is 1. The summed E-state index contributed by atoms with van der Waals surface area (Å²) in [6.45, 7) is 12.0. The SMILES string of the molecule is C/C=C(/C)C(=O)O[C@H]1C(C)=C2[C@H]([C@@H]1OC(=O)CCC(=O)CCCC)[C@@](C)(OC(C)=O)C[C@H](OC(=O)CCC)[C@@]1(O)[C@H]2OC(=O)[C@@]1(C)O. The molecular weight excluding hydrogens is 616 g/mol. The van der Waals surface area contributed by atoms with Gasteiger partial charge in [0.05, 0.1) is 12.3 Å². The van der Waals surface area contributed by atoms with Gasteiger partial charge in [-0.1, -0.05) is 26.3 Å². The molecule has 2 fully saturated rings. The summed E-state index contributed by atoms with van der Waals surface area (Å²) in [7, 11) is 0. The lowest BCUT2D eigenvalue weighted by molar-refractivity contribution is -0.212. The van der Waals surface area contributed by atoms with Crippen molar-refractivity contribution < 1.29 is 62.7 Å². The molecule has 13 nitrogen and oxygen atoms in total. The molecule has 1 heterocycles. The smallest absolute Gasteiger partial charge is 0.341 e. The molecule has 47 heavy (non-hydrogen) atoms. The van der Waals surface area contributed by atoms with Crippen molar-refractivity contribution in [3.63, 3.8) is 0 Å². The molecule has 0 unspecified atom stereocenters. The van der Waals surface area contributed by atoms with Crippen LogP contribution in [0.2, 0.25) is 0 Å². The number of ketones is 1. The van der Waals surface area contributed by atoms with Crippen molar-refractivity contribution >= 4 is 35.6 Å². The Morgan fingerprint density at radius 3 is 2.15 bits per heavy atom. The van der Waals surface area contributed by atoms with Crippen molar-refractivity contribution in [1.82, 2.24) is 0 Å². The molecule has 0 aromatic rings. The van der Waals surface area contributed by atoms with Gasteiger partial charge in [-0.3, -0.25) is 19.2 Å². The molecule has 0 bridgehead atoms. The van der Waals surface area contributed by atoms with Gasteiger partial charge >= 0.3 is 29.8 Å². The Balaban J connectivity index is 2.24. The molecule has 13 heteroatoms. The largest absolute Gasteiger partial charge is 0.459 e. The number of esters is 5. The second-order valence-electron chi connectivity index (χ2n) is 13.0. The summed E-state index contributed by atoms with van der Waals surface area (Å²) >= 11 is 0. The van der Waals surface area contributed by atoms with Crippen molar-refractivity contribution in [2.75, 3.05) is 0 Å². The van der Waals surface area contributed by atoms with Crippen LogP contribution in [0.25, 0.3) is 0 Å². The van der Waals surface area contributed by atoms with Crippen LogP contribution in [0.15, 0.2) is 22.8 Å². The Hall–Kier alpha value is -3.58. The maximum atomic E-state index is 13.3. The van der Waals surface area contributed by atoms with E-state index in [2.05, 4.69) is 0 Å². The molecular formula is C34H48O13. The van der Waals surface area contributed by atoms with Crippen LogP contribution >= 0.6 is 0 Å². The standard InChI is InChI=1S/C34H48O13/c1-9-12-14-21(36)15-16-24(38)44-28-26-25(19(5)27(28)45-30(39)18(4)11-3)29-34(42,33(8,41)31(40)46-29)22(43-23(37)13-10-2)17-32(26,7)47-20(6)35/h11,22,26-29,41-42H,9-10,12-17H2,1-8H3/b18-11-/t22-,26+,27-,28-,29-,32-,33+,34+/m0/s1. The summed E-state index contributed by atoms with van der Waals surface area (Å²) in [5.74, 6) is -5.64. The molecule has 262 valence electrons. The van der Waals surface area contributed by atoms with Crippen molar-refractivity contribution in [2.45, 2.75) is 148 Å². The second kappa shape index (κ2) is 14.7. The van der Waals surface area contributed by atoms with Crippen LogP contribution in [0.4, 0.5) is 0 Å². The van der Waals surface area contributed by atoms with E-state index < -0.39 is 83.4 Å². The normalized spacial score (nSPS) is 33.3. The predicted molar refractivity (Wildman–Crippen MR) is 164 cm³/mol. The zero-order chi connectivity index (χ0) is 35.5. The third kappa shape index (κ3) is 7.30. The van der Waals surface area contributed by atoms with Crippen LogP contribution in [0.5, 0.6) is 0 Å². The fourth-order valence-corrected chi connectivity index (χ4v) is 6.77. The van der Waals surface area contributed by atoms with Crippen molar-refractivity contribution in [3.05, 3.63) is 22.8 Å². The number of aliphatic hydroxyl groups is 2. The zero-order valence-corrected chi connectivity index (χ0v) is 28.5. The monoisotopic (exact) mass is 664 g/mol. The molecule has 0 aromatic heterocycles. The molecule has 2 N–H and O–H groups in total. The van der Waals surface area contributed by atoms with E-state index in [1.807, 2.05) is 6.92 Å². The maximum absolute atomic E-state index is 13.3. The predicted octanol–water partition coefficient (Wildman–Crippen LogP) is 3.11. The number of carbonyl (C=O) groups is 6. The first-order valence-corrected chi connectivity index (χ1v) is 16.2. The van der Waals surface area contributed by atoms with Gasteiger partial charge in [0.1, 0.15) is 17.5 Å². The van der Waals surface area contributed by atoms with Gasteiger partial charge in [0.15, 0.2) is 29.5 Å². The van der Waals surface area contributed by atoms with Gasteiger partial charge in [0.2, 0.25) is 0 Å². The van der Waals surface area contributed by atoms with Gasteiger partial charge in [-0.05, 0) is 58.6 Å². The van der Waals surface area contributed by atoms with E-state index in [-0.39, 0.29) is 41.8 Å². The fourth-order valence-electron chi connectivity index (χ4n) is 6.77. The zero-order valence-electron chi connectivity index (χ0n) is 28.5. The lowest BCUT2D eigenvalue weighted by Crippen LogP contribution is -2.64. The van der Waals surface area contributed by atoms with E-state index in [1.165, 1.54) is 26.8 Å². The van der Waals surface area contributed by atoms with Gasteiger partial charge in [-0.2, -0.15) is 0 Å². The van der Waals surface area contributed by atoms with Gasteiger partial charge in [-0.25, -0.2) is 9.59 Å². The summed E-state index contributed by atoms with van der Waals surface area (Å²) in [5, 5.41) is 23.8. The van der Waals surface area contributed by atoms with E-state index in [0.717, 1.165) is 20.3 Å². The summed E-state index contributed by atoms with van der Waals surface area (Å²) in [5.41, 5.74) is -6.46. The van der Waals surface area contributed by atoms with E-state index >= 15 is 0 Å². The molecule has 2 aliphatic carbocycles. The molecule has 1 saturated carbocycles. The maximum Gasteiger partial charge on any atom is 0.341 e. The van der Waals surface area contributed by atoms with Gasteiger partial charge in [-0.15, -0.1) is 0 Å². The summed E-state index contributed by atoms with van der Waals surface area (Å²) < 4.78 is 29.1. The molecule has 8 atom stereocenters. The van der Waals surface area contributed by atoms with Gasteiger partial charge < -0.3 is 33.9 Å². The highest BCUT2D eigenvalue weighted by Gasteiger charge is 2.76. The lowest BCUT2D eigenvalue weighted by atomic mass is 9.75. The molecule has 0 radical (unpaired) electrons. The third-order valence-corrected chi connectivity index (χ3v) is 9.45. The Bertz CT molecular complexity index is 1340. The van der Waals surface area contributed by atoms with Crippen LogP contribution in [-0.4, -0.2) is 87.1 Å². The van der Waals surface area contributed by atoms with Crippen LogP contribution < -0.4 is 0 Å². The minimum Gasteiger partial charge on any atom is -0.459 e. The van der Waals surface area contributed by atoms with Gasteiger partial charge in [0, 0.05) is 38.2 Å². The summed E-state index contributed by atoms with van der Waals surface area (Å²) in [6, 6.07) is 0. The number of hydrogen-bond acceptors (Lipinski definition) is 13.